The predicted molar refractivity (Wildman–Crippen MR) is 73.4 cm³/mol. The van der Waals surface area contributed by atoms with Crippen molar-refractivity contribution in [2.24, 2.45) is 16.9 Å². The number of hydrogen-bond donors (Lipinski definition) is 2. The summed E-state index contributed by atoms with van der Waals surface area (Å²) in [5.74, 6) is 0.494. The summed E-state index contributed by atoms with van der Waals surface area (Å²) in [4.78, 5) is 11.9. The second-order valence-corrected chi connectivity index (χ2v) is 5.28. The standard InChI is InChI=1S/C14H13ClN2O2/c15-9-4-5-11(13(18)7-9)14(19)17-16-12-6-8-2-1-3-10(8)12/h1-2,4-5,7-8,10,18H,3,6H2,(H,17,19). The van der Waals surface area contributed by atoms with Gasteiger partial charge in [-0.3, -0.25) is 4.79 Å². The van der Waals surface area contributed by atoms with Gasteiger partial charge in [-0.1, -0.05) is 23.8 Å². The van der Waals surface area contributed by atoms with Gasteiger partial charge in [0, 0.05) is 16.7 Å². The number of hydrazone groups is 1. The minimum Gasteiger partial charge on any atom is -0.507 e. The summed E-state index contributed by atoms with van der Waals surface area (Å²) in [5, 5.41) is 14.2. The van der Waals surface area contributed by atoms with E-state index in [-0.39, 0.29) is 11.3 Å². The number of benzene rings is 1. The van der Waals surface area contributed by atoms with E-state index in [1.807, 2.05) is 0 Å². The number of aromatic hydroxyl groups is 1. The molecule has 1 aromatic rings. The Morgan fingerprint density at radius 2 is 2.32 bits per heavy atom. The zero-order valence-corrected chi connectivity index (χ0v) is 10.9. The highest BCUT2D eigenvalue weighted by atomic mass is 35.5. The highest BCUT2D eigenvalue weighted by molar-refractivity contribution is 6.30. The molecule has 1 aromatic carbocycles. The lowest BCUT2D eigenvalue weighted by molar-refractivity contribution is 0.0951. The number of nitrogens with one attached hydrogen (secondary N) is 1. The highest BCUT2D eigenvalue weighted by Gasteiger charge is 2.38. The van der Waals surface area contributed by atoms with Crippen LogP contribution in [-0.2, 0) is 0 Å². The van der Waals surface area contributed by atoms with Gasteiger partial charge < -0.3 is 5.11 Å². The lowest BCUT2D eigenvalue weighted by atomic mass is 9.74. The van der Waals surface area contributed by atoms with E-state index in [1.54, 1.807) is 6.07 Å². The molecule has 5 heteroatoms. The number of phenolic OH excluding ortho intramolecular Hbond substituents is 1. The number of phenols is 1. The smallest absolute Gasteiger partial charge is 0.275 e. The predicted octanol–water partition coefficient (Wildman–Crippen LogP) is 2.73. The van der Waals surface area contributed by atoms with E-state index >= 15 is 0 Å². The lowest BCUT2D eigenvalue weighted by Gasteiger charge is -2.31. The van der Waals surface area contributed by atoms with Crippen molar-refractivity contribution in [2.75, 3.05) is 0 Å². The molecule has 19 heavy (non-hydrogen) atoms. The molecule has 2 N–H and O–H groups in total. The van der Waals surface area contributed by atoms with E-state index in [4.69, 9.17) is 11.6 Å². The number of fused-ring (bicyclic) bond motifs is 1. The van der Waals surface area contributed by atoms with Crippen molar-refractivity contribution >= 4 is 23.2 Å². The van der Waals surface area contributed by atoms with Gasteiger partial charge in [-0.05, 0) is 37.0 Å². The van der Waals surface area contributed by atoms with Crippen LogP contribution in [0.4, 0.5) is 0 Å². The van der Waals surface area contributed by atoms with Crippen LogP contribution < -0.4 is 5.43 Å². The summed E-state index contributed by atoms with van der Waals surface area (Å²) < 4.78 is 0. The van der Waals surface area contributed by atoms with Gasteiger partial charge in [-0.25, -0.2) is 5.43 Å². The summed E-state index contributed by atoms with van der Waals surface area (Å²) in [7, 11) is 0. The fourth-order valence-electron chi connectivity index (χ4n) is 2.54. The van der Waals surface area contributed by atoms with Crippen molar-refractivity contribution in [3.63, 3.8) is 0 Å². The van der Waals surface area contributed by atoms with Gasteiger partial charge in [-0.2, -0.15) is 5.10 Å². The van der Waals surface area contributed by atoms with E-state index in [1.165, 1.54) is 12.1 Å². The summed E-state index contributed by atoms with van der Waals surface area (Å²) in [5.41, 5.74) is 3.69. The number of allylic oxidation sites excluding steroid dienone is 2. The van der Waals surface area contributed by atoms with Gasteiger partial charge in [-0.15, -0.1) is 0 Å². The van der Waals surface area contributed by atoms with Gasteiger partial charge in [0.05, 0.1) is 5.56 Å². The zero-order chi connectivity index (χ0) is 13.4. The average Bonchev–Trinajstić information content (AvgIpc) is 2.71. The van der Waals surface area contributed by atoms with Crippen molar-refractivity contribution < 1.29 is 9.90 Å². The van der Waals surface area contributed by atoms with Crippen molar-refractivity contribution in [1.29, 1.82) is 0 Å². The number of nitrogens with zero attached hydrogens (tertiary/aromatic N) is 1. The number of hydrogen-bond acceptors (Lipinski definition) is 3. The molecule has 0 spiro atoms. The Bertz CT molecular complexity index is 595. The fraction of sp³-hybridized carbons (Fsp3) is 0.286. The molecule has 0 saturated heterocycles. The maximum Gasteiger partial charge on any atom is 0.275 e. The van der Waals surface area contributed by atoms with Gasteiger partial charge in [0.25, 0.3) is 5.91 Å². The third-order valence-corrected chi connectivity index (χ3v) is 3.90. The Hall–Kier alpha value is -1.81. The van der Waals surface area contributed by atoms with Crippen LogP contribution >= 0.6 is 11.6 Å². The van der Waals surface area contributed by atoms with Gasteiger partial charge in [0.15, 0.2) is 0 Å². The largest absolute Gasteiger partial charge is 0.507 e. The Labute approximate surface area is 115 Å². The van der Waals surface area contributed by atoms with Crippen LogP contribution in [0.1, 0.15) is 23.2 Å². The quantitative estimate of drug-likeness (QED) is 0.644. The minimum absolute atomic E-state index is 0.140. The first-order valence-electron chi connectivity index (χ1n) is 6.17. The molecule has 2 aliphatic carbocycles. The van der Waals surface area contributed by atoms with Crippen LogP contribution in [0.25, 0.3) is 0 Å². The van der Waals surface area contributed by atoms with Crippen LogP contribution in [0.3, 0.4) is 0 Å². The molecule has 0 aliphatic heterocycles. The minimum atomic E-state index is -0.420. The molecule has 98 valence electrons. The van der Waals surface area contributed by atoms with E-state index in [0.717, 1.165) is 18.6 Å². The molecular formula is C14H13ClN2O2. The maximum atomic E-state index is 11.9. The molecule has 2 aliphatic rings. The highest BCUT2D eigenvalue weighted by Crippen LogP contribution is 2.40. The lowest BCUT2D eigenvalue weighted by Crippen LogP contribution is -2.35. The summed E-state index contributed by atoms with van der Waals surface area (Å²) in [6, 6.07) is 4.38. The van der Waals surface area contributed by atoms with Crippen LogP contribution in [0.5, 0.6) is 5.75 Å². The number of carbonyl (C=O) groups is 1. The molecule has 3 rings (SSSR count). The molecular weight excluding hydrogens is 264 g/mol. The monoisotopic (exact) mass is 276 g/mol. The Morgan fingerprint density at radius 3 is 3.05 bits per heavy atom. The van der Waals surface area contributed by atoms with Gasteiger partial charge in [0.2, 0.25) is 0 Å². The molecule has 2 unspecified atom stereocenters. The summed E-state index contributed by atoms with van der Waals surface area (Å²) in [6.45, 7) is 0. The van der Waals surface area contributed by atoms with Crippen LogP contribution in [0.2, 0.25) is 5.02 Å². The molecule has 0 heterocycles. The number of rotatable bonds is 2. The first-order valence-corrected chi connectivity index (χ1v) is 6.55. The van der Waals surface area contributed by atoms with E-state index < -0.39 is 5.91 Å². The second-order valence-electron chi connectivity index (χ2n) is 4.84. The SMILES string of the molecule is O=C(NN=C1CC2C=CCC12)c1ccc(Cl)cc1O. The van der Waals surface area contributed by atoms with Gasteiger partial charge in [0.1, 0.15) is 5.75 Å². The first-order chi connectivity index (χ1) is 9.15. The molecule has 2 atom stereocenters. The van der Waals surface area contributed by atoms with E-state index in [0.29, 0.717) is 16.9 Å². The Kier molecular flexibility index (Phi) is 3.03. The molecule has 1 amide bonds. The number of amides is 1. The second kappa shape index (κ2) is 4.70. The summed E-state index contributed by atoms with van der Waals surface area (Å²) in [6.07, 6.45) is 6.28. The zero-order valence-electron chi connectivity index (χ0n) is 10.1. The summed E-state index contributed by atoms with van der Waals surface area (Å²) >= 11 is 5.72. The molecule has 0 aromatic heterocycles. The average molecular weight is 277 g/mol. The van der Waals surface area contributed by atoms with Gasteiger partial charge >= 0.3 is 0 Å². The third kappa shape index (κ3) is 2.24. The van der Waals surface area contributed by atoms with Crippen LogP contribution in [0.15, 0.2) is 35.5 Å². The van der Waals surface area contributed by atoms with Crippen LogP contribution in [-0.4, -0.2) is 16.7 Å². The van der Waals surface area contributed by atoms with Crippen molar-refractivity contribution in [3.05, 3.63) is 40.9 Å². The topological polar surface area (TPSA) is 61.7 Å². The first kappa shape index (κ1) is 12.2. The molecule has 0 bridgehead atoms. The Morgan fingerprint density at radius 1 is 1.47 bits per heavy atom. The number of halogens is 1. The molecule has 0 radical (unpaired) electrons. The third-order valence-electron chi connectivity index (χ3n) is 3.67. The molecule has 1 saturated carbocycles. The van der Waals surface area contributed by atoms with Crippen molar-refractivity contribution in [2.45, 2.75) is 12.8 Å². The van der Waals surface area contributed by atoms with E-state index in [9.17, 15) is 9.90 Å². The van der Waals surface area contributed by atoms with Crippen LogP contribution in [0, 0.1) is 11.8 Å². The van der Waals surface area contributed by atoms with Crippen molar-refractivity contribution in [3.8, 4) is 5.75 Å². The van der Waals surface area contributed by atoms with Crippen molar-refractivity contribution in [1.82, 2.24) is 5.43 Å². The fourth-order valence-corrected chi connectivity index (χ4v) is 2.71. The number of carbonyl (C=O) groups excluding carboxylic acids is 1. The normalized spacial score (nSPS) is 26.1. The molecule has 4 nitrogen and oxygen atoms in total. The van der Waals surface area contributed by atoms with E-state index in [2.05, 4.69) is 22.7 Å². The Balaban J connectivity index is 1.67. The maximum absolute atomic E-state index is 11.9. The molecule has 1 fully saturated rings.